The van der Waals surface area contributed by atoms with Crippen LogP contribution in [0.15, 0.2) is 24.5 Å². The fourth-order valence-electron chi connectivity index (χ4n) is 1.77. The van der Waals surface area contributed by atoms with Gasteiger partial charge in [0.1, 0.15) is 5.82 Å². The number of rotatable bonds is 6. The second kappa shape index (κ2) is 6.94. The van der Waals surface area contributed by atoms with E-state index in [-0.39, 0.29) is 11.8 Å². The fraction of sp³-hybridized carbons (Fsp3) is 0.429. The van der Waals surface area contributed by atoms with Crippen LogP contribution in [0.25, 0.3) is 5.95 Å². The Kier molecular flexibility index (Phi) is 4.99. The average molecular weight is 288 g/mol. The molecule has 0 radical (unpaired) electrons. The molecule has 0 atom stereocenters. The SMILES string of the molecule is CNCCC(=O)Nc1cc(C(C)C)nn1-c1ncccn1. The van der Waals surface area contributed by atoms with Crippen molar-refractivity contribution < 1.29 is 4.79 Å². The van der Waals surface area contributed by atoms with E-state index in [9.17, 15) is 4.79 Å². The van der Waals surface area contributed by atoms with Gasteiger partial charge in [-0.3, -0.25) is 4.79 Å². The molecular formula is C14H20N6O. The third-order valence-corrected chi connectivity index (χ3v) is 2.93. The zero-order valence-electron chi connectivity index (χ0n) is 12.5. The van der Waals surface area contributed by atoms with Crippen molar-refractivity contribution in [2.45, 2.75) is 26.2 Å². The van der Waals surface area contributed by atoms with E-state index >= 15 is 0 Å². The molecule has 0 saturated heterocycles. The fourth-order valence-corrected chi connectivity index (χ4v) is 1.77. The van der Waals surface area contributed by atoms with Crippen LogP contribution >= 0.6 is 0 Å². The van der Waals surface area contributed by atoms with E-state index < -0.39 is 0 Å². The summed E-state index contributed by atoms with van der Waals surface area (Å²) < 4.78 is 1.56. The number of nitrogens with one attached hydrogen (secondary N) is 2. The zero-order valence-corrected chi connectivity index (χ0v) is 12.5. The molecule has 21 heavy (non-hydrogen) atoms. The van der Waals surface area contributed by atoms with Gasteiger partial charge in [-0.2, -0.15) is 9.78 Å². The molecule has 2 aromatic rings. The van der Waals surface area contributed by atoms with Gasteiger partial charge in [-0.15, -0.1) is 0 Å². The largest absolute Gasteiger partial charge is 0.319 e. The van der Waals surface area contributed by atoms with Gasteiger partial charge in [0.25, 0.3) is 5.95 Å². The molecule has 0 aliphatic heterocycles. The molecule has 0 aromatic carbocycles. The summed E-state index contributed by atoms with van der Waals surface area (Å²) in [7, 11) is 1.81. The quantitative estimate of drug-likeness (QED) is 0.837. The molecule has 2 aromatic heterocycles. The molecule has 0 aliphatic rings. The Morgan fingerprint density at radius 3 is 2.67 bits per heavy atom. The lowest BCUT2D eigenvalue weighted by molar-refractivity contribution is -0.116. The summed E-state index contributed by atoms with van der Waals surface area (Å²) in [4.78, 5) is 20.3. The van der Waals surface area contributed by atoms with Crippen LogP contribution in [0.1, 0.15) is 31.9 Å². The van der Waals surface area contributed by atoms with E-state index in [4.69, 9.17) is 0 Å². The summed E-state index contributed by atoms with van der Waals surface area (Å²) in [5.41, 5.74) is 0.881. The zero-order chi connectivity index (χ0) is 15.2. The van der Waals surface area contributed by atoms with Crippen LogP contribution in [-0.4, -0.2) is 39.2 Å². The van der Waals surface area contributed by atoms with Crippen molar-refractivity contribution in [3.05, 3.63) is 30.2 Å². The molecule has 2 heterocycles. The molecule has 0 unspecified atom stereocenters. The van der Waals surface area contributed by atoms with Crippen molar-refractivity contribution in [1.82, 2.24) is 25.1 Å². The Morgan fingerprint density at radius 2 is 2.05 bits per heavy atom. The van der Waals surface area contributed by atoms with Gasteiger partial charge in [0, 0.05) is 31.4 Å². The minimum Gasteiger partial charge on any atom is -0.319 e. The van der Waals surface area contributed by atoms with Gasteiger partial charge in [0.05, 0.1) is 5.69 Å². The lowest BCUT2D eigenvalue weighted by atomic mass is 10.1. The second-order valence-corrected chi connectivity index (χ2v) is 4.97. The molecule has 0 bridgehead atoms. The number of aromatic nitrogens is 4. The van der Waals surface area contributed by atoms with Gasteiger partial charge in [0.15, 0.2) is 0 Å². The summed E-state index contributed by atoms with van der Waals surface area (Å²) in [6, 6.07) is 3.60. The van der Waals surface area contributed by atoms with E-state index in [1.165, 1.54) is 0 Å². The van der Waals surface area contributed by atoms with Crippen LogP contribution in [0.4, 0.5) is 5.82 Å². The maximum absolute atomic E-state index is 11.9. The predicted molar refractivity (Wildman–Crippen MR) is 80.4 cm³/mol. The minimum atomic E-state index is -0.0725. The van der Waals surface area contributed by atoms with Crippen molar-refractivity contribution in [3.63, 3.8) is 0 Å². The number of hydrogen-bond donors (Lipinski definition) is 2. The Hall–Kier alpha value is -2.28. The third-order valence-electron chi connectivity index (χ3n) is 2.93. The highest BCUT2D eigenvalue weighted by molar-refractivity contribution is 5.90. The summed E-state index contributed by atoms with van der Waals surface area (Å²) in [6.45, 7) is 4.72. The Bertz CT molecular complexity index is 593. The monoisotopic (exact) mass is 288 g/mol. The Balaban J connectivity index is 2.28. The van der Waals surface area contributed by atoms with E-state index in [1.807, 2.05) is 27.0 Å². The first-order chi connectivity index (χ1) is 10.1. The molecule has 2 N–H and O–H groups in total. The van der Waals surface area contributed by atoms with Crippen molar-refractivity contribution in [1.29, 1.82) is 0 Å². The molecular weight excluding hydrogens is 268 g/mol. The van der Waals surface area contributed by atoms with Crippen LogP contribution in [0, 0.1) is 0 Å². The highest BCUT2D eigenvalue weighted by Crippen LogP contribution is 2.20. The van der Waals surface area contributed by atoms with Crippen LogP contribution in [0.2, 0.25) is 0 Å². The molecule has 0 spiro atoms. The predicted octanol–water partition coefficient (Wildman–Crippen LogP) is 1.33. The summed E-state index contributed by atoms with van der Waals surface area (Å²) in [5, 5.41) is 10.3. The first-order valence-electron chi connectivity index (χ1n) is 6.93. The Morgan fingerprint density at radius 1 is 1.33 bits per heavy atom. The van der Waals surface area contributed by atoms with Crippen molar-refractivity contribution in [2.75, 3.05) is 18.9 Å². The normalized spacial score (nSPS) is 10.9. The first-order valence-corrected chi connectivity index (χ1v) is 6.93. The summed E-state index contributed by atoms with van der Waals surface area (Å²) in [6.07, 6.45) is 3.69. The smallest absolute Gasteiger partial charge is 0.252 e. The molecule has 0 aliphatic carbocycles. The highest BCUT2D eigenvalue weighted by Gasteiger charge is 2.15. The lowest BCUT2D eigenvalue weighted by Crippen LogP contribution is -2.20. The van der Waals surface area contributed by atoms with Crippen LogP contribution < -0.4 is 10.6 Å². The number of carbonyl (C=O) groups is 1. The number of amides is 1. The number of anilines is 1. The molecule has 112 valence electrons. The molecule has 0 saturated carbocycles. The molecule has 7 heteroatoms. The van der Waals surface area contributed by atoms with Crippen molar-refractivity contribution >= 4 is 11.7 Å². The molecule has 2 rings (SSSR count). The van der Waals surface area contributed by atoms with Crippen LogP contribution in [0.5, 0.6) is 0 Å². The van der Waals surface area contributed by atoms with Gasteiger partial charge in [0.2, 0.25) is 5.91 Å². The van der Waals surface area contributed by atoms with E-state index in [1.54, 1.807) is 23.1 Å². The average Bonchev–Trinajstić information content (AvgIpc) is 2.90. The van der Waals surface area contributed by atoms with Crippen LogP contribution in [0.3, 0.4) is 0 Å². The molecule has 7 nitrogen and oxygen atoms in total. The number of hydrogen-bond acceptors (Lipinski definition) is 5. The van der Waals surface area contributed by atoms with E-state index in [0.29, 0.717) is 24.7 Å². The lowest BCUT2D eigenvalue weighted by Gasteiger charge is -2.06. The van der Waals surface area contributed by atoms with E-state index in [0.717, 1.165) is 5.69 Å². The maximum atomic E-state index is 11.9. The summed E-state index contributed by atoms with van der Waals surface area (Å²) >= 11 is 0. The standard InChI is InChI=1S/C14H20N6O/c1-10(2)11-9-12(18-13(21)5-8-15-3)20(19-11)14-16-6-4-7-17-14/h4,6-7,9-10,15H,5,8H2,1-3H3,(H,18,21). The van der Waals surface area contributed by atoms with Gasteiger partial charge in [-0.1, -0.05) is 13.8 Å². The molecule has 1 amide bonds. The van der Waals surface area contributed by atoms with E-state index in [2.05, 4.69) is 25.7 Å². The Labute approximate surface area is 123 Å². The maximum Gasteiger partial charge on any atom is 0.252 e. The molecule has 0 fully saturated rings. The van der Waals surface area contributed by atoms with Gasteiger partial charge in [-0.05, 0) is 19.0 Å². The third kappa shape index (κ3) is 3.85. The topological polar surface area (TPSA) is 84.7 Å². The summed E-state index contributed by atoms with van der Waals surface area (Å²) in [5.74, 6) is 1.21. The minimum absolute atomic E-state index is 0.0725. The van der Waals surface area contributed by atoms with Gasteiger partial charge in [-0.25, -0.2) is 9.97 Å². The van der Waals surface area contributed by atoms with Gasteiger partial charge < -0.3 is 10.6 Å². The van der Waals surface area contributed by atoms with Crippen LogP contribution in [-0.2, 0) is 4.79 Å². The van der Waals surface area contributed by atoms with Gasteiger partial charge >= 0.3 is 0 Å². The number of carbonyl (C=O) groups excluding carboxylic acids is 1. The second-order valence-electron chi connectivity index (χ2n) is 4.97. The van der Waals surface area contributed by atoms with Crippen molar-refractivity contribution in [2.24, 2.45) is 0 Å². The first kappa shape index (κ1) is 15.1. The highest BCUT2D eigenvalue weighted by atomic mass is 16.1. The van der Waals surface area contributed by atoms with Crippen molar-refractivity contribution in [3.8, 4) is 5.95 Å². The number of nitrogens with zero attached hydrogens (tertiary/aromatic N) is 4.